The molecule has 0 saturated carbocycles. The lowest BCUT2D eigenvalue weighted by Crippen LogP contribution is -2.34. The number of nitrogens with one attached hydrogen (secondary N) is 2. The number of aromatic nitrogens is 2. The van der Waals surface area contributed by atoms with Crippen LogP contribution in [0.1, 0.15) is 34.4 Å². The molecular weight excluding hydrogens is 384 g/mol. The highest BCUT2D eigenvalue weighted by atomic mass is 32.2. The van der Waals surface area contributed by atoms with Gasteiger partial charge < -0.3 is 14.6 Å². The Morgan fingerprint density at radius 3 is 2.46 bits per heavy atom. The maximum atomic E-state index is 12.8. The molecule has 28 heavy (non-hydrogen) atoms. The maximum Gasteiger partial charge on any atom is 0.341 e. The fourth-order valence-electron chi connectivity index (χ4n) is 2.72. The number of carbonyl (C=O) groups excluding carboxylic acids is 2. The van der Waals surface area contributed by atoms with Crippen LogP contribution >= 0.6 is 0 Å². The van der Waals surface area contributed by atoms with Gasteiger partial charge in [-0.3, -0.25) is 4.79 Å². The minimum atomic E-state index is -4.14. The molecule has 1 amide bonds. The fourth-order valence-corrected chi connectivity index (χ4v) is 4.21. The minimum Gasteiger partial charge on any atom is -0.462 e. The summed E-state index contributed by atoms with van der Waals surface area (Å²) in [4.78, 5) is 28.3. The van der Waals surface area contributed by atoms with Crippen molar-refractivity contribution in [2.75, 3.05) is 18.5 Å². The largest absolute Gasteiger partial charge is 0.462 e. The zero-order valence-electron chi connectivity index (χ0n) is 16.5. The Morgan fingerprint density at radius 1 is 1.18 bits per heavy atom. The Hall–Kier alpha value is -2.72. The standard InChI is InChI=1S/C18H24N4O5S/c1-6-27-18(24)16-12(3)22(5)13(4)17(16)28(25,26)19-10-15(23)21-14-9-7-8-11(2)20-14/h7-9,19H,6,10H2,1-5H3,(H,20,21,23). The number of aryl methyl sites for hydroxylation is 1. The number of sulfonamides is 1. The third kappa shape index (κ3) is 4.57. The van der Waals surface area contributed by atoms with Gasteiger partial charge in [0.25, 0.3) is 0 Å². The number of pyridine rings is 1. The molecule has 2 aromatic heterocycles. The van der Waals surface area contributed by atoms with Gasteiger partial charge in [-0.05, 0) is 39.8 Å². The second-order valence-electron chi connectivity index (χ2n) is 6.19. The van der Waals surface area contributed by atoms with E-state index < -0.39 is 28.4 Å². The van der Waals surface area contributed by atoms with Crippen LogP contribution in [0.2, 0.25) is 0 Å². The number of rotatable bonds is 7. The van der Waals surface area contributed by atoms with E-state index in [1.54, 1.807) is 57.5 Å². The smallest absolute Gasteiger partial charge is 0.341 e. The van der Waals surface area contributed by atoms with Gasteiger partial charge in [0.1, 0.15) is 16.3 Å². The number of hydrogen-bond donors (Lipinski definition) is 2. The van der Waals surface area contributed by atoms with Crippen molar-refractivity contribution < 1.29 is 22.7 Å². The normalized spacial score (nSPS) is 11.3. The molecule has 9 nitrogen and oxygen atoms in total. The summed E-state index contributed by atoms with van der Waals surface area (Å²) in [7, 11) is -2.48. The minimum absolute atomic E-state index is 0.0323. The number of hydrogen-bond acceptors (Lipinski definition) is 6. The van der Waals surface area contributed by atoms with Crippen molar-refractivity contribution in [3.8, 4) is 0 Å². The van der Waals surface area contributed by atoms with Gasteiger partial charge >= 0.3 is 5.97 Å². The van der Waals surface area contributed by atoms with E-state index in [9.17, 15) is 18.0 Å². The Labute approximate surface area is 164 Å². The van der Waals surface area contributed by atoms with Crippen molar-refractivity contribution in [3.05, 3.63) is 40.8 Å². The summed E-state index contributed by atoms with van der Waals surface area (Å²) in [5.41, 5.74) is 1.52. The molecule has 2 rings (SSSR count). The summed E-state index contributed by atoms with van der Waals surface area (Å²) in [6.07, 6.45) is 0. The second-order valence-corrected chi connectivity index (χ2v) is 7.90. The molecule has 10 heteroatoms. The van der Waals surface area contributed by atoms with Gasteiger partial charge in [0.05, 0.1) is 13.2 Å². The van der Waals surface area contributed by atoms with Crippen molar-refractivity contribution >= 4 is 27.7 Å². The van der Waals surface area contributed by atoms with Crippen LogP contribution in [0.4, 0.5) is 5.82 Å². The Morgan fingerprint density at radius 2 is 1.86 bits per heavy atom. The summed E-state index contributed by atoms with van der Waals surface area (Å²) in [6.45, 7) is 6.24. The maximum absolute atomic E-state index is 12.8. The van der Waals surface area contributed by atoms with Gasteiger partial charge in [-0.25, -0.2) is 22.9 Å². The van der Waals surface area contributed by atoms with Crippen molar-refractivity contribution in [2.24, 2.45) is 7.05 Å². The van der Waals surface area contributed by atoms with Gasteiger partial charge in [0, 0.05) is 24.1 Å². The third-order valence-corrected chi connectivity index (χ3v) is 5.81. The zero-order valence-corrected chi connectivity index (χ0v) is 17.3. The molecule has 2 N–H and O–H groups in total. The number of carbonyl (C=O) groups is 2. The van der Waals surface area contributed by atoms with E-state index >= 15 is 0 Å². The highest BCUT2D eigenvalue weighted by Gasteiger charge is 2.31. The molecule has 0 bridgehead atoms. The SMILES string of the molecule is CCOC(=O)c1c(S(=O)(=O)NCC(=O)Nc2cccc(C)n2)c(C)n(C)c1C. The first-order valence-electron chi connectivity index (χ1n) is 8.64. The van der Waals surface area contributed by atoms with Crippen LogP contribution in [-0.2, 0) is 26.6 Å². The number of nitrogens with zero attached hydrogens (tertiary/aromatic N) is 2. The van der Waals surface area contributed by atoms with E-state index in [1.807, 2.05) is 0 Å². The molecular formula is C18H24N4O5S. The average molecular weight is 408 g/mol. The van der Waals surface area contributed by atoms with E-state index in [2.05, 4.69) is 15.0 Å². The first-order chi connectivity index (χ1) is 13.1. The Kier molecular flexibility index (Phi) is 6.57. The van der Waals surface area contributed by atoms with Crippen LogP contribution in [0.5, 0.6) is 0 Å². The lowest BCUT2D eigenvalue weighted by molar-refractivity contribution is -0.115. The lowest BCUT2D eigenvalue weighted by Gasteiger charge is -2.10. The second kappa shape index (κ2) is 8.53. The van der Waals surface area contributed by atoms with Gasteiger partial charge in [-0.15, -0.1) is 0 Å². The van der Waals surface area contributed by atoms with Crippen LogP contribution in [0, 0.1) is 20.8 Å². The molecule has 0 unspecified atom stereocenters. The molecule has 0 atom stereocenters. The van der Waals surface area contributed by atoms with Crippen LogP contribution in [-0.4, -0.2) is 43.0 Å². The van der Waals surface area contributed by atoms with E-state index in [1.165, 1.54) is 0 Å². The highest BCUT2D eigenvalue weighted by molar-refractivity contribution is 7.89. The van der Waals surface area contributed by atoms with Crippen molar-refractivity contribution in [3.63, 3.8) is 0 Å². The summed E-state index contributed by atoms with van der Waals surface area (Å²) in [6, 6.07) is 5.10. The number of anilines is 1. The van der Waals surface area contributed by atoms with Gasteiger partial charge in [-0.1, -0.05) is 6.07 Å². The Balaban J connectivity index is 2.24. The van der Waals surface area contributed by atoms with E-state index in [-0.39, 0.29) is 17.1 Å². The molecule has 0 saturated heterocycles. The highest BCUT2D eigenvalue weighted by Crippen LogP contribution is 2.26. The van der Waals surface area contributed by atoms with Crippen LogP contribution in [0.25, 0.3) is 0 Å². The molecule has 0 aliphatic heterocycles. The summed E-state index contributed by atoms with van der Waals surface area (Å²) in [5.74, 6) is -0.981. The monoisotopic (exact) mass is 408 g/mol. The number of amides is 1. The van der Waals surface area contributed by atoms with Gasteiger partial charge in [0.15, 0.2) is 0 Å². The van der Waals surface area contributed by atoms with Crippen LogP contribution in [0.3, 0.4) is 0 Å². The Bertz CT molecular complexity index is 1010. The van der Waals surface area contributed by atoms with E-state index in [0.717, 1.165) is 0 Å². The number of esters is 1. The predicted octanol–water partition coefficient (Wildman–Crippen LogP) is 1.44. The molecule has 2 aromatic rings. The topological polar surface area (TPSA) is 119 Å². The molecule has 0 radical (unpaired) electrons. The first kappa shape index (κ1) is 21.6. The molecule has 152 valence electrons. The molecule has 0 aliphatic rings. The van der Waals surface area contributed by atoms with Crippen LogP contribution in [0.15, 0.2) is 23.1 Å². The molecule has 0 fully saturated rings. The first-order valence-corrected chi connectivity index (χ1v) is 10.1. The fraction of sp³-hybridized carbons (Fsp3) is 0.389. The third-order valence-electron chi connectivity index (χ3n) is 4.25. The molecule has 0 aliphatic carbocycles. The number of ether oxygens (including phenoxy) is 1. The summed E-state index contributed by atoms with van der Waals surface area (Å²) < 4.78 is 34.5. The molecule has 0 spiro atoms. The molecule has 0 aromatic carbocycles. The average Bonchev–Trinajstić information content (AvgIpc) is 2.85. The van der Waals surface area contributed by atoms with Gasteiger partial charge in [-0.2, -0.15) is 0 Å². The van der Waals surface area contributed by atoms with Crippen molar-refractivity contribution in [2.45, 2.75) is 32.6 Å². The lowest BCUT2D eigenvalue weighted by atomic mass is 10.2. The van der Waals surface area contributed by atoms with E-state index in [0.29, 0.717) is 22.9 Å². The van der Waals surface area contributed by atoms with Gasteiger partial charge in [0.2, 0.25) is 15.9 Å². The van der Waals surface area contributed by atoms with E-state index in [4.69, 9.17) is 4.74 Å². The van der Waals surface area contributed by atoms with Crippen molar-refractivity contribution in [1.29, 1.82) is 0 Å². The summed E-state index contributed by atoms with van der Waals surface area (Å²) >= 11 is 0. The summed E-state index contributed by atoms with van der Waals surface area (Å²) in [5, 5.41) is 2.52. The zero-order chi connectivity index (χ0) is 21.1. The molecule has 2 heterocycles. The van der Waals surface area contributed by atoms with Crippen molar-refractivity contribution in [1.82, 2.24) is 14.3 Å². The predicted molar refractivity (Wildman–Crippen MR) is 104 cm³/mol. The van der Waals surface area contributed by atoms with Crippen LogP contribution < -0.4 is 10.0 Å². The quantitative estimate of drug-likeness (QED) is 0.669.